The summed E-state index contributed by atoms with van der Waals surface area (Å²) in [6.07, 6.45) is 1.61. The van der Waals surface area contributed by atoms with Crippen LogP contribution < -0.4 is 4.90 Å². The highest BCUT2D eigenvalue weighted by molar-refractivity contribution is 8.19. The molecule has 2 amide bonds. The fourth-order valence-electron chi connectivity index (χ4n) is 2.27. The van der Waals surface area contributed by atoms with Crippen LogP contribution in [0.2, 0.25) is 5.02 Å². The highest BCUT2D eigenvalue weighted by Crippen LogP contribution is 2.36. The molecule has 126 valence electrons. The van der Waals surface area contributed by atoms with Gasteiger partial charge in [0.15, 0.2) is 0 Å². The number of anilines is 1. The number of hydrogen-bond acceptors (Lipinski definition) is 5. The Morgan fingerprint density at radius 2 is 1.72 bits per heavy atom. The Hall–Kier alpha value is -2.57. The zero-order chi connectivity index (χ0) is 18.0. The number of thioether (sulfide) groups is 1. The van der Waals surface area contributed by atoms with Gasteiger partial charge >= 0.3 is 5.97 Å². The van der Waals surface area contributed by atoms with Crippen molar-refractivity contribution in [1.82, 2.24) is 0 Å². The third-order valence-corrected chi connectivity index (χ3v) is 4.63. The van der Waals surface area contributed by atoms with Gasteiger partial charge in [0, 0.05) is 5.02 Å². The van der Waals surface area contributed by atoms with Crippen LogP contribution in [0.1, 0.15) is 15.9 Å². The Labute approximate surface area is 153 Å². The Morgan fingerprint density at radius 3 is 2.32 bits per heavy atom. The van der Waals surface area contributed by atoms with Gasteiger partial charge in [-0.2, -0.15) is 0 Å². The third-order valence-electron chi connectivity index (χ3n) is 3.51. The van der Waals surface area contributed by atoms with Crippen molar-refractivity contribution in [2.45, 2.75) is 0 Å². The van der Waals surface area contributed by atoms with Gasteiger partial charge in [0.1, 0.15) is 0 Å². The predicted octanol–water partition coefficient (Wildman–Crippen LogP) is 4.37. The fraction of sp³-hybridized carbons (Fsp3) is 0.0556. The molecule has 3 rings (SSSR count). The third kappa shape index (κ3) is 3.60. The number of methoxy groups -OCH3 is 1. The minimum atomic E-state index is -0.436. The molecule has 1 aliphatic rings. The number of carbonyl (C=O) groups is 3. The molecule has 0 aliphatic carbocycles. The number of ether oxygens (including phenoxy) is 1. The highest BCUT2D eigenvalue weighted by Gasteiger charge is 2.36. The SMILES string of the molecule is COC(=O)c1ccc(C=C2SC(=O)N(c3ccc(Cl)cc3)C2=O)cc1. The van der Waals surface area contributed by atoms with Crippen molar-refractivity contribution in [2.24, 2.45) is 0 Å². The number of esters is 1. The number of rotatable bonds is 3. The second-order valence-corrected chi connectivity index (χ2v) is 6.54. The first-order valence-electron chi connectivity index (χ1n) is 7.21. The Morgan fingerprint density at radius 1 is 1.08 bits per heavy atom. The maximum absolute atomic E-state index is 12.5. The first-order valence-corrected chi connectivity index (χ1v) is 8.41. The topological polar surface area (TPSA) is 63.7 Å². The summed E-state index contributed by atoms with van der Waals surface area (Å²) in [5, 5.41) is 0.154. The summed E-state index contributed by atoms with van der Waals surface area (Å²) in [5.74, 6) is -0.830. The van der Waals surface area contributed by atoms with Gasteiger partial charge in [-0.15, -0.1) is 0 Å². The van der Waals surface area contributed by atoms with Crippen LogP contribution in [-0.2, 0) is 9.53 Å². The van der Waals surface area contributed by atoms with Crippen molar-refractivity contribution in [1.29, 1.82) is 0 Å². The van der Waals surface area contributed by atoms with Gasteiger partial charge in [0.25, 0.3) is 11.1 Å². The van der Waals surface area contributed by atoms with E-state index in [0.29, 0.717) is 26.7 Å². The van der Waals surface area contributed by atoms with Gasteiger partial charge in [0.2, 0.25) is 0 Å². The van der Waals surface area contributed by atoms with Crippen LogP contribution in [0.4, 0.5) is 10.5 Å². The molecule has 7 heteroatoms. The van der Waals surface area contributed by atoms with E-state index < -0.39 is 11.9 Å². The second kappa shape index (κ2) is 7.13. The molecule has 25 heavy (non-hydrogen) atoms. The summed E-state index contributed by atoms with van der Waals surface area (Å²) >= 11 is 6.70. The highest BCUT2D eigenvalue weighted by atomic mass is 35.5. The van der Waals surface area contributed by atoms with E-state index in [4.69, 9.17) is 11.6 Å². The zero-order valence-corrected chi connectivity index (χ0v) is 14.6. The summed E-state index contributed by atoms with van der Waals surface area (Å²) in [7, 11) is 1.31. The largest absolute Gasteiger partial charge is 0.465 e. The summed E-state index contributed by atoms with van der Waals surface area (Å²) in [6, 6.07) is 13.0. The molecular weight excluding hydrogens is 362 g/mol. The lowest BCUT2D eigenvalue weighted by Crippen LogP contribution is -2.27. The van der Waals surface area contributed by atoms with Crippen molar-refractivity contribution in [3.05, 3.63) is 69.6 Å². The number of halogens is 1. The molecule has 5 nitrogen and oxygen atoms in total. The maximum Gasteiger partial charge on any atom is 0.337 e. The molecule has 0 unspecified atom stereocenters. The van der Waals surface area contributed by atoms with E-state index in [1.165, 1.54) is 7.11 Å². The molecule has 1 aliphatic heterocycles. The average molecular weight is 374 g/mol. The molecule has 0 bridgehead atoms. The van der Waals surface area contributed by atoms with E-state index in [0.717, 1.165) is 16.7 Å². The lowest BCUT2D eigenvalue weighted by Gasteiger charge is -2.12. The lowest BCUT2D eigenvalue weighted by molar-refractivity contribution is -0.113. The van der Waals surface area contributed by atoms with Crippen LogP contribution in [0.15, 0.2) is 53.4 Å². The van der Waals surface area contributed by atoms with Crippen LogP contribution in [0.3, 0.4) is 0 Å². The Kier molecular flexibility index (Phi) is 4.92. The molecule has 1 saturated heterocycles. The molecule has 0 atom stereocenters. The number of carbonyl (C=O) groups excluding carboxylic acids is 3. The van der Waals surface area contributed by atoms with E-state index in [1.807, 2.05) is 0 Å². The normalized spacial score (nSPS) is 15.8. The van der Waals surface area contributed by atoms with Crippen molar-refractivity contribution in [3.63, 3.8) is 0 Å². The van der Waals surface area contributed by atoms with E-state index in [-0.39, 0.29) is 5.24 Å². The summed E-state index contributed by atoms with van der Waals surface area (Å²) in [5.41, 5.74) is 1.58. The van der Waals surface area contributed by atoms with Gasteiger partial charge in [-0.05, 0) is 59.8 Å². The quantitative estimate of drug-likeness (QED) is 0.590. The second-order valence-electron chi connectivity index (χ2n) is 5.11. The van der Waals surface area contributed by atoms with Crippen molar-refractivity contribution in [2.75, 3.05) is 12.0 Å². The Balaban J connectivity index is 1.85. The Bertz CT molecular complexity index is 875. The van der Waals surface area contributed by atoms with Gasteiger partial charge in [0.05, 0.1) is 23.3 Å². The number of imide groups is 1. The van der Waals surface area contributed by atoms with Gasteiger partial charge < -0.3 is 4.74 Å². The van der Waals surface area contributed by atoms with Crippen LogP contribution in [-0.4, -0.2) is 24.2 Å². The lowest BCUT2D eigenvalue weighted by atomic mass is 10.1. The van der Waals surface area contributed by atoms with Gasteiger partial charge in [-0.25, -0.2) is 9.69 Å². The minimum Gasteiger partial charge on any atom is -0.465 e. The first-order chi connectivity index (χ1) is 12.0. The van der Waals surface area contributed by atoms with Gasteiger partial charge in [-0.3, -0.25) is 9.59 Å². The molecule has 2 aromatic carbocycles. The molecule has 0 N–H and O–H groups in total. The van der Waals surface area contributed by atoms with Crippen molar-refractivity contribution >= 4 is 52.2 Å². The van der Waals surface area contributed by atoms with Crippen molar-refractivity contribution < 1.29 is 19.1 Å². The van der Waals surface area contributed by atoms with Crippen LogP contribution in [0.5, 0.6) is 0 Å². The summed E-state index contributed by atoms with van der Waals surface area (Å²) < 4.78 is 4.64. The molecule has 0 radical (unpaired) electrons. The standard InChI is InChI=1S/C18H12ClNO4S/c1-24-17(22)12-4-2-11(3-5-12)10-15-16(21)20(18(23)25-15)14-8-6-13(19)7-9-14/h2-10H,1H3. The molecular formula is C18H12ClNO4S. The van der Waals surface area contributed by atoms with E-state index in [1.54, 1.807) is 54.6 Å². The molecule has 0 spiro atoms. The average Bonchev–Trinajstić information content (AvgIpc) is 2.89. The number of hydrogen-bond donors (Lipinski definition) is 0. The number of amides is 2. The summed E-state index contributed by atoms with van der Waals surface area (Å²) in [6.45, 7) is 0. The van der Waals surface area contributed by atoms with Gasteiger partial charge in [-0.1, -0.05) is 23.7 Å². The van der Waals surface area contributed by atoms with Crippen molar-refractivity contribution in [3.8, 4) is 0 Å². The van der Waals surface area contributed by atoms with Crippen LogP contribution in [0.25, 0.3) is 6.08 Å². The zero-order valence-electron chi connectivity index (χ0n) is 13.1. The molecule has 2 aromatic rings. The van der Waals surface area contributed by atoms with E-state index in [2.05, 4.69) is 4.74 Å². The summed E-state index contributed by atoms with van der Waals surface area (Å²) in [4.78, 5) is 37.6. The maximum atomic E-state index is 12.5. The fourth-order valence-corrected chi connectivity index (χ4v) is 3.23. The molecule has 0 aromatic heterocycles. The van der Waals surface area contributed by atoms with Crippen LogP contribution >= 0.6 is 23.4 Å². The number of benzene rings is 2. The molecule has 1 fully saturated rings. The van der Waals surface area contributed by atoms with Crippen LogP contribution in [0, 0.1) is 0 Å². The monoisotopic (exact) mass is 373 g/mol. The molecule has 0 saturated carbocycles. The molecule has 1 heterocycles. The first kappa shape index (κ1) is 17.3. The predicted molar refractivity (Wildman–Crippen MR) is 97.7 cm³/mol. The number of nitrogens with zero attached hydrogens (tertiary/aromatic N) is 1. The minimum absolute atomic E-state index is 0.311. The smallest absolute Gasteiger partial charge is 0.337 e. The van der Waals surface area contributed by atoms with E-state index in [9.17, 15) is 14.4 Å². The van der Waals surface area contributed by atoms with E-state index >= 15 is 0 Å².